The van der Waals surface area contributed by atoms with E-state index in [1.165, 1.54) is 27.8 Å². The van der Waals surface area contributed by atoms with Crippen LogP contribution in [0.5, 0.6) is 0 Å². The molecule has 10 heteroatoms. The Labute approximate surface area is 196 Å². The number of thiazole rings is 1. The SMILES string of the molecule is COCCn1c(=NC(=O)C2CCN(S(=O)(=O)c3ccc(Cl)cc3)CC2)sc2ccccc21. The summed E-state index contributed by atoms with van der Waals surface area (Å²) in [7, 11) is -1.96. The minimum atomic E-state index is -3.60. The Morgan fingerprint density at radius 3 is 2.53 bits per heavy atom. The molecule has 0 atom stereocenters. The minimum absolute atomic E-state index is 0.203. The highest BCUT2D eigenvalue weighted by atomic mass is 35.5. The number of ether oxygens (including phenoxy) is 1. The normalized spacial score (nSPS) is 16.6. The Morgan fingerprint density at radius 2 is 1.84 bits per heavy atom. The number of rotatable bonds is 6. The fourth-order valence-corrected chi connectivity index (χ4v) is 6.45. The smallest absolute Gasteiger partial charge is 0.251 e. The molecule has 1 aliphatic heterocycles. The summed E-state index contributed by atoms with van der Waals surface area (Å²) in [5.74, 6) is -0.501. The van der Waals surface area contributed by atoms with Gasteiger partial charge in [-0.2, -0.15) is 9.30 Å². The van der Waals surface area contributed by atoms with E-state index in [0.717, 1.165) is 10.2 Å². The summed E-state index contributed by atoms with van der Waals surface area (Å²) in [6, 6.07) is 14.1. The van der Waals surface area contributed by atoms with Crippen LogP contribution in [-0.4, -0.2) is 50.0 Å². The van der Waals surface area contributed by atoms with Gasteiger partial charge in [0.15, 0.2) is 4.80 Å². The van der Waals surface area contributed by atoms with Gasteiger partial charge in [-0.3, -0.25) is 4.79 Å². The van der Waals surface area contributed by atoms with Crippen molar-refractivity contribution in [1.29, 1.82) is 0 Å². The van der Waals surface area contributed by atoms with E-state index >= 15 is 0 Å². The molecule has 32 heavy (non-hydrogen) atoms. The summed E-state index contributed by atoms with van der Waals surface area (Å²) in [5.41, 5.74) is 1.02. The first-order chi connectivity index (χ1) is 15.4. The van der Waals surface area contributed by atoms with Gasteiger partial charge in [0.2, 0.25) is 10.0 Å². The van der Waals surface area contributed by atoms with Crippen LogP contribution in [-0.2, 0) is 26.1 Å². The van der Waals surface area contributed by atoms with Crippen LogP contribution >= 0.6 is 22.9 Å². The molecule has 0 bridgehead atoms. The second-order valence-corrected chi connectivity index (χ2v) is 11.0. The molecule has 0 N–H and O–H groups in total. The minimum Gasteiger partial charge on any atom is -0.383 e. The van der Waals surface area contributed by atoms with Crippen molar-refractivity contribution in [3.8, 4) is 0 Å². The maximum absolute atomic E-state index is 12.9. The summed E-state index contributed by atoms with van der Waals surface area (Å²) in [5, 5.41) is 0.485. The third-order valence-corrected chi connectivity index (χ3v) is 8.79. The van der Waals surface area contributed by atoms with Crippen molar-refractivity contribution in [2.75, 3.05) is 26.8 Å². The average Bonchev–Trinajstić information content (AvgIpc) is 3.14. The number of benzene rings is 2. The molecule has 0 spiro atoms. The van der Waals surface area contributed by atoms with Crippen LogP contribution in [0.4, 0.5) is 0 Å². The third kappa shape index (κ3) is 4.82. The van der Waals surface area contributed by atoms with Gasteiger partial charge in [0.1, 0.15) is 0 Å². The van der Waals surface area contributed by atoms with E-state index in [1.807, 2.05) is 28.8 Å². The Morgan fingerprint density at radius 1 is 1.16 bits per heavy atom. The number of aromatic nitrogens is 1. The summed E-state index contributed by atoms with van der Waals surface area (Å²) in [6.07, 6.45) is 0.885. The van der Waals surface area contributed by atoms with Crippen molar-refractivity contribution >= 4 is 49.1 Å². The van der Waals surface area contributed by atoms with E-state index in [-0.39, 0.29) is 29.8 Å². The zero-order valence-electron chi connectivity index (χ0n) is 17.6. The monoisotopic (exact) mass is 493 g/mol. The fraction of sp³-hybridized carbons (Fsp3) is 0.364. The number of hydrogen-bond donors (Lipinski definition) is 0. The topological polar surface area (TPSA) is 81.0 Å². The Bertz CT molecular complexity index is 1270. The van der Waals surface area contributed by atoms with Gasteiger partial charge >= 0.3 is 0 Å². The first kappa shape index (κ1) is 23.1. The molecule has 0 unspecified atom stereocenters. The lowest BCUT2D eigenvalue weighted by Crippen LogP contribution is -2.40. The zero-order valence-corrected chi connectivity index (χ0v) is 20.0. The van der Waals surface area contributed by atoms with Crippen molar-refractivity contribution in [3.05, 3.63) is 58.4 Å². The molecule has 1 aliphatic rings. The predicted octanol–water partition coefficient (Wildman–Crippen LogP) is 3.53. The quantitative estimate of drug-likeness (QED) is 0.526. The molecular weight excluding hydrogens is 470 g/mol. The number of carbonyl (C=O) groups excluding carboxylic acids is 1. The first-order valence-corrected chi connectivity index (χ1v) is 12.9. The molecule has 4 rings (SSSR count). The molecule has 0 radical (unpaired) electrons. The largest absolute Gasteiger partial charge is 0.383 e. The highest BCUT2D eigenvalue weighted by molar-refractivity contribution is 7.89. The number of methoxy groups -OCH3 is 1. The van der Waals surface area contributed by atoms with E-state index in [2.05, 4.69) is 4.99 Å². The molecule has 2 heterocycles. The number of halogens is 1. The molecule has 1 aromatic heterocycles. The summed E-state index contributed by atoms with van der Waals surface area (Å²) >= 11 is 7.34. The van der Waals surface area contributed by atoms with Gasteiger partial charge in [-0.15, -0.1) is 0 Å². The van der Waals surface area contributed by atoms with Gasteiger partial charge in [0, 0.05) is 37.7 Å². The fourth-order valence-electron chi connectivity index (χ4n) is 3.79. The molecule has 1 saturated heterocycles. The number of para-hydroxylation sites is 1. The van der Waals surface area contributed by atoms with Gasteiger partial charge in [-0.05, 0) is 49.2 Å². The maximum Gasteiger partial charge on any atom is 0.251 e. The van der Waals surface area contributed by atoms with Crippen molar-refractivity contribution in [1.82, 2.24) is 8.87 Å². The van der Waals surface area contributed by atoms with E-state index < -0.39 is 10.0 Å². The van der Waals surface area contributed by atoms with Crippen LogP contribution in [0, 0.1) is 5.92 Å². The second-order valence-electron chi connectivity index (χ2n) is 7.58. The van der Waals surface area contributed by atoms with Gasteiger partial charge in [-0.1, -0.05) is 35.1 Å². The van der Waals surface area contributed by atoms with Crippen LogP contribution in [0.25, 0.3) is 10.2 Å². The van der Waals surface area contributed by atoms with Gasteiger partial charge < -0.3 is 9.30 Å². The molecule has 3 aromatic rings. The summed E-state index contributed by atoms with van der Waals surface area (Å²) < 4.78 is 35.4. The van der Waals surface area contributed by atoms with Crippen molar-refractivity contribution in [2.45, 2.75) is 24.3 Å². The molecular formula is C22H24ClN3O4S2. The third-order valence-electron chi connectivity index (χ3n) is 5.57. The first-order valence-electron chi connectivity index (χ1n) is 10.3. The van der Waals surface area contributed by atoms with E-state index in [4.69, 9.17) is 16.3 Å². The van der Waals surface area contributed by atoms with E-state index in [0.29, 0.717) is 35.8 Å². The highest BCUT2D eigenvalue weighted by Crippen LogP contribution is 2.25. The lowest BCUT2D eigenvalue weighted by molar-refractivity contribution is -0.122. The highest BCUT2D eigenvalue weighted by Gasteiger charge is 2.32. The Balaban J connectivity index is 1.50. The number of sulfonamides is 1. The lowest BCUT2D eigenvalue weighted by atomic mass is 9.98. The van der Waals surface area contributed by atoms with Crippen LogP contribution < -0.4 is 4.80 Å². The average molecular weight is 494 g/mol. The second kappa shape index (κ2) is 9.84. The van der Waals surface area contributed by atoms with Crippen LogP contribution in [0.1, 0.15) is 12.8 Å². The number of carbonyl (C=O) groups is 1. The number of amides is 1. The molecule has 7 nitrogen and oxygen atoms in total. The molecule has 1 amide bonds. The van der Waals surface area contributed by atoms with Crippen LogP contribution in [0.15, 0.2) is 58.4 Å². The molecule has 0 aliphatic carbocycles. The number of fused-ring (bicyclic) bond motifs is 1. The molecule has 0 saturated carbocycles. The van der Waals surface area contributed by atoms with Crippen molar-refractivity contribution in [2.24, 2.45) is 10.9 Å². The molecule has 170 valence electrons. The molecule has 2 aromatic carbocycles. The van der Waals surface area contributed by atoms with Crippen molar-refractivity contribution < 1.29 is 17.9 Å². The predicted molar refractivity (Wildman–Crippen MR) is 125 cm³/mol. The zero-order chi connectivity index (χ0) is 22.7. The maximum atomic E-state index is 12.9. The standard InChI is InChI=1S/C22H24ClN3O4S2/c1-30-15-14-26-19-4-2-3-5-20(19)31-22(26)24-21(27)16-10-12-25(13-11-16)32(28,29)18-8-6-17(23)7-9-18/h2-9,16H,10-15H2,1H3. The Hall–Kier alpha value is -2.04. The van der Waals surface area contributed by atoms with Gasteiger partial charge in [0.25, 0.3) is 5.91 Å². The van der Waals surface area contributed by atoms with Crippen molar-refractivity contribution in [3.63, 3.8) is 0 Å². The van der Waals surface area contributed by atoms with Crippen LogP contribution in [0.3, 0.4) is 0 Å². The lowest BCUT2D eigenvalue weighted by Gasteiger charge is -2.29. The Kier molecular flexibility index (Phi) is 7.11. The molecule has 1 fully saturated rings. The number of nitrogens with zero attached hydrogens (tertiary/aromatic N) is 3. The summed E-state index contributed by atoms with van der Waals surface area (Å²) in [6.45, 7) is 1.69. The summed E-state index contributed by atoms with van der Waals surface area (Å²) in [4.78, 5) is 18.2. The van der Waals surface area contributed by atoms with Crippen LogP contribution in [0.2, 0.25) is 5.02 Å². The van der Waals surface area contributed by atoms with Gasteiger partial charge in [-0.25, -0.2) is 8.42 Å². The van der Waals surface area contributed by atoms with E-state index in [1.54, 1.807) is 19.2 Å². The number of hydrogen-bond acceptors (Lipinski definition) is 5. The van der Waals surface area contributed by atoms with Gasteiger partial charge in [0.05, 0.1) is 21.7 Å². The van der Waals surface area contributed by atoms with E-state index in [9.17, 15) is 13.2 Å². The number of piperidine rings is 1.